The van der Waals surface area contributed by atoms with Crippen molar-refractivity contribution in [3.63, 3.8) is 0 Å². The molecular weight excluding hydrogens is 214 g/mol. The molecule has 0 radical (unpaired) electrons. The second-order valence-corrected chi connectivity index (χ2v) is 3.61. The number of hydrogen-bond donors (Lipinski definition) is 0. The third kappa shape index (κ3) is 2.01. The molecule has 66 valence electrons. The van der Waals surface area contributed by atoms with Gasteiger partial charge in [-0.05, 0) is 25.5 Å². The Morgan fingerprint density at radius 1 is 1.33 bits per heavy atom. The molecule has 1 aromatic rings. The van der Waals surface area contributed by atoms with Crippen molar-refractivity contribution < 1.29 is 0 Å². The van der Waals surface area contributed by atoms with E-state index in [4.69, 9.17) is 0 Å². The molecule has 0 fully saturated rings. The molecule has 0 aromatic heterocycles. The maximum atomic E-state index is 3.43. The number of anilines is 1. The first kappa shape index (κ1) is 9.59. The summed E-state index contributed by atoms with van der Waals surface area (Å²) >= 11 is 3.43. The van der Waals surface area contributed by atoms with Crippen LogP contribution in [0.1, 0.15) is 11.1 Å². The predicted octanol–water partition coefficient (Wildman–Crippen LogP) is 3.09. The summed E-state index contributed by atoms with van der Waals surface area (Å²) in [4.78, 5) is 2.18. The maximum Gasteiger partial charge on any atom is 0.0732 e. The SMILES string of the molecule is Cc1ccc(N(C)CBr)c(C)c1. The molecule has 0 aliphatic heterocycles. The minimum absolute atomic E-state index is 0.872. The largest absolute Gasteiger partial charge is 0.364 e. The summed E-state index contributed by atoms with van der Waals surface area (Å²) in [7, 11) is 2.08. The van der Waals surface area contributed by atoms with Crippen LogP contribution in [0.2, 0.25) is 0 Å². The van der Waals surface area contributed by atoms with Crippen molar-refractivity contribution in [2.24, 2.45) is 0 Å². The highest BCUT2D eigenvalue weighted by molar-refractivity contribution is 9.09. The van der Waals surface area contributed by atoms with Crippen molar-refractivity contribution in [3.05, 3.63) is 29.3 Å². The van der Waals surface area contributed by atoms with Gasteiger partial charge in [-0.15, -0.1) is 0 Å². The predicted molar refractivity (Wildman–Crippen MR) is 58.1 cm³/mol. The fourth-order valence-corrected chi connectivity index (χ4v) is 1.57. The Balaban J connectivity index is 3.01. The lowest BCUT2D eigenvalue weighted by atomic mass is 10.1. The smallest absolute Gasteiger partial charge is 0.0732 e. The van der Waals surface area contributed by atoms with E-state index in [9.17, 15) is 0 Å². The van der Waals surface area contributed by atoms with E-state index in [1.54, 1.807) is 0 Å². The number of nitrogens with zero attached hydrogens (tertiary/aromatic N) is 1. The van der Waals surface area contributed by atoms with Gasteiger partial charge in [0.1, 0.15) is 0 Å². The van der Waals surface area contributed by atoms with E-state index in [2.05, 4.69) is 59.9 Å². The minimum atomic E-state index is 0.872. The molecule has 0 spiro atoms. The molecule has 0 bridgehead atoms. The molecule has 0 atom stereocenters. The highest BCUT2D eigenvalue weighted by Crippen LogP contribution is 2.20. The molecule has 0 amide bonds. The molecule has 0 unspecified atom stereocenters. The molecule has 0 aliphatic rings. The number of alkyl halides is 1. The summed E-state index contributed by atoms with van der Waals surface area (Å²) in [6.45, 7) is 4.26. The van der Waals surface area contributed by atoms with Crippen LogP contribution in [0.5, 0.6) is 0 Å². The van der Waals surface area contributed by atoms with Crippen LogP contribution >= 0.6 is 15.9 Å². The van der Waals surface area contributed by atoms with E-state index in [-0.39, 0.29) is 0 Å². The van der Waals surface area contributed by atoms with Crippen LogP contribution in [0.3, 0.4) is 0 Å². The second kappa shape index (κ2) is 3.94. The van der Waals surface area contributed by atoms with Gasteiger partial charge in [0.25, 0.3) is 0 Å². The normalized spacial score (nSPS) is 10.0. The Bertz CT molecular complexity index is 271. The number of benzene rings is 1. The summed E-state index contributed by atoms with van der Waals surface area (Å²) < 4.78 is 0. The summed E-state index contributed by atoms with van der Waals surface area (Å²) in [6.07, 6.45) is 0. The molecule has 0 heterocycles. The van der Waals surface area contributed by atoms with Crippen molar-refractivity contribution >= 4 is 21.6 Å². The van der Waals surface area contributed by atoms with Crippen molar-refractivity contribution in [3.8, 4) is 0 Å². The lowest BCUT2D eigenvalue weighted by Gasteiger charge is -2.18. The topological polar surface area (TPSA) is 3.24 Å². The summed E-state index contributed by atoms with van der Waals surface area (Å²) in [5.41, 5.74) is 4.81. The number of halogens is 1. The zero-order valence-electron chi connectivity index (χ0n) is 7.76. The Kier molecular flexibility index (Phi) is 3.15. The Hall–Kier alpha value is -0.500. The van der Waals surface area contributed by atoms with Crippen LogP contribution in [0.15, 0.2) is 18.2 Å². The molecule has 2 heteroatoms. The molecule has 12 heavy (non-hydrogen) atoms. The minimum Gasteiger partial charge on any atom is -0.364 e. The fourth-order valence-electron chi connectivity index (χ4n) is 1.30. The average molecular weight is 228 g/mol. The van der Waals surface area contributed by atoms with Crippen LogP contribution in [0.4, 0.5) is 5.69 Å². The van der Waals surface area contributed by atoms with Crippen molar-refractivity contribution in [2.75, 3.05) is 17.4 Å². The van der Waals surface area contributed by atoms with Gasteiger partial charge in [0.2, 0.25) is 0 Å². The van der Waals surface area contributed by atoms with E-state index < -0.39 is 0 Å². The fraction of sp³-hybridized carbons (Fsp3) is 0.400. The standard InChI is InChI=1S/C10H14BrN/c1-8-4-5-10(9(2)6-8)12(3)7-11/h4-6H,7H2,1-3H3. The van der Waals surface area contributed by atoms with Crippen molar-refractivity contribution in [2.45, 2.75) is 13.8 Å². The van der Waals surface area contributed by atoms with E-state index in [1.165, 1.54) is 16.8 Å². The molecule has 0 saturated heterocycles. The first-order valence-corrected chi connectivity index (χ1v) is 5.11. The van der Waals surface area contributed by atoms with Gasteiger partial charge < -0.3 is 4.90 Å². The van der Waals surface area contributed by atoms with Crippen molar-refractivity contribution in [1.82, 2.24) is 0 Å². The van der Waals surface area contributed by atoms with Crippen molar-refractivity contribution in [1.29, 1.82) is 0 Å². The van der Waals surface area contributed by atoms with Gasteiger partial charge in [0, 0.05) is 12.7 Å². The lowest BCUT2D eigenvalue weighted by Crippen LogP contribution is -2.14. The van der Waals surface area contributed by atoms with Crippen LogP contribution in [0.25, 0.3) is 0 Å². The van der Waals surface area contributed by atoms with E-state index in [0.717, 1.165) is 5.45 Å². The van der Waals surface area contributed by atoms with Gasteiger partial charge in [0.05, 0.1) is 5.45 Å². The van der Waals surface area contributed by atoms with E-state index in [0.29, 0.717) is 0 Å². The quantitative estimate of drug-likeness (QED) is 0.555. The third-order valence-corrected chi connectivity index (χ3v) is 2.70. The highest BCUT2D eigenvalue weighted by Gasteiger charge is 2.01. The van der Waals surface area contributed by atoms with Gasteiger partial charge in [-0.3, -0.25) is 0 Å². The Morgan fingerprint density at radius 2 is 2.00 bits per heavy atom. The van der Waals surface area contributed by atoms with Crippen LogP contribution in [0, 0.1) is 13.8 Å². The van der Waals surface area contributed by atoms with Gasteiger partial charge in [-0.2, -0.15) is 0 Å². The number of hydrogen-bond acceptors (Lipinski definition) is 1. The molecule has 1 nitrogen and oxygen atoms in total. The first-order valence-electron chi connectivity index (χ1n) is 3.99. The molecule has 1 aromatic carbocycles. The molecule has 0 aliphatic carbocycles. The zero-order valence-corrected chi connectivity index (χ0v) is 9.35. The molecule has 1 rings (SSSR count). The van der Waals surface area contributed by atoms with Gasteiger partial charge in [-0.1, -0.05) is 33.6 Å². The summed E-state index contributed by atoms with van der Waals surface area (Å²) in [5, 5.41) is 0. The number of rotatable bonds is 2. The first-order chi connectivity index (χ1) is 5.65. The lowest BCUT2D eigenvalue weighted by molar-refractivity contribution is 1.09. The second-order valence-electron chi connectivity index (χ2n) is 3.11. The van der Waals surface area contributed by atoms with E-state index in [1.807, 2.05) is 0 Å². The van der Waals surface area contributed by atoms with Gasteiger partial charge in [-0.25, -0.2) is 0 Å². The van der Waals surface area contributed by atoms with E-state index >= 15 is 0 Å². The molecular formula is C10H14BrN. The Labute approximate surface area is 82.5 Å². The summed E-state index contributed by atoms with van der Waals surface area (Å²) in [6, 6.07) is 6.50. The highest BCUT2D eigenvalue weighted by atomic mass is 79.9. The summed E-state index contributed by atoms with van der Waals surface area (Å²) in [5.74, 6) is 0. The van der Waals surface area contributed by atoms with Crippen LogP contribution < -0.4 is 4.90 Å². The zero-order chi connectivity index (χ0) is 9.14. The third-order valence-electron chi connectivity index (χ3n) is 1.94. The average Bonchev–Trinajstić information content (AvgIpc) is 2.03. The molecule has 0 saturated carbocycles. The monoisotopic (exact) mass is 227 g/mol. The molecule has 0 N–H and O–H groups in total. The van der Waals surface area contributed by atoms with Gasteiger partial charge in [0.15, 0.2) is 0 Å². The van der Waals surface area contributed by atoms with Crippen LogP contribution in [-0.2, 0) is 0 Å². The van der Waals surface area contributed by atoms with Crippen LogP contribution in [-0.4, -0.2) is 12.5 Å². The number of aryl methyl sites for hydroxylation is 2. The van der Waals surface area contributed by atoms with Gasteiger partial charge >= 0.3 is 0 Å². The maximum absolute atomic E-state index is 3.43. The Morgan fingerprint density at radius 3 is 2.50 bits per heavy atom.